The van der Waals surface area contributed by atoms with Crippen LogP contribution in [0.2, 0.25) is 5.82 Å². The monoisotopic (exact) mass is 568 g/mol. The zero-order valence-corrected chi connectivity index (χ0v) is 25.6. The second-order valence-electron chi connectivity index (χ2n) is 14.2. The van der Waals surface area contributed by atoms with Crippen molar-refractivity contribution >= 4 is 23.5 Å². The summed E-state index contributed by atoms with van der Waals surface area (Å²) in [6.07, 6.45) is 5.60. The van der Waals surface area contributed by atoms with E-state index < -0.39 is 0 Å². The molecule has 5 aromatic rings. The Kier molecular flexibility index (Phi) is 4.63. The van der Waals surface area contributed by atoms with Crippen molar-refractivity contribution in [3.63, 3.8) is 0 Å². The zero-order valence-electron chi connectivity index (χ0n) is 25.6. The van der Waals surface area contributed by atoms with Gasteiger partial charge in [-0.2, -0.15) is 0 Å². The Labute approximate surface area is 259 Å². The van der Waals surface area contributed by atoms with Gasteiger partial charge < -0.3 is 9.31 Å². The fourth-order valence-corrected chi connectivity index (χ4v) is 9.05. The Morgan fingerprint density at radius 1 is 0.614 bits per heavy atom. The Morgan fingerprint density at radius 3 is 1.93 bits per heavy atom. The first-order valence-corrected chi connectivity index (χ1v) is 16.0. The summed E-state index contributed by atoms with van der Waals surface area (Å²) in [5.74, 6) is 0.125. The lowest BCUT2D eigenvalue weighted by atomic mass is 9.60. The van der Waals surface area contributed by atoms with Gasteiger partial charge >= 0.3 is 7.12 Å². The molecule has 5 aliphatic rings. The maximum Gasteiger partial charge on any atom is 0.465 e. The van der Waals surface area contributed by atoms with Crippen LogP contribution in [0.3, 0.4) is 0 Å². The molecule has 0 N–H and O–H groups in total. The third kappa shape index (κ3) is 2.82. The molecule has 5 aromatic carbocycles. The van der Waals surface area contributed by atoms with E-state index in [1.807, 2.05) is 0 Å². The van der Waals surface area contributed by atoms with E-state index in [-0.39, 0.29) is 29.6 Å². The minimum Gasteiger partial charge on any atom is -0.403 e. The van der Waals surface area contributed by atoms with Gasteiger partial charge in [0.1, 0.15) is 0 Å². The number of allylic oxidation sites excluding steroid dienone is 4. The van der Waals surface area contributed by atoms with Crippen LogP contribution in [0.25, 0.3) is 49.7 Å². The summed E-state index contributed by atoms with van der Waals surface area (Å²) >= 11 is 0. The summed E-state index contributed by atoms with van der Waals surface area (Å²) in [6, 6.07) is 36.7. The number of hydrogen-bond acceptors (Lipinski definition) is 2. The first kappa shape index (κ1) is 25.2. The van der Waals surface area contributed by atoms with Crippen LogP contribution in [0, 0.1) is 0 Å². The number of rotatable bonds is 1. The lowest BCUT2D eigenvalue weighted by Gasteiger charge is -2.35. The van der Waals surface area contributed by atoms with Crippen LogP contribution in [0.4, 0.5) is 0 Å². The summed E-state index contributed by atoms with van der Waals surface area (Å²) < 4.78 is 13.3. The molecular formula is C41H33BO2. The molecule has 4 aliphatic carbocycles. The SMILES string of the molecule is CC1(C)OB(C2C=CC3=C(C2)C2(c4ccccc43)c3ccccc3-c3c2cc2c4c(cccc34)-c3ccccc3-2)OC1(C)C. The molecule has 0 saturated carbocycles. The molecule has 1 spiro atoms. The van der Waals surface area contributed by atoms with Crippen molar-refractivity contribution in [1.29, 1.82) is 0 Å². The van der Waals surface area contributed by atoms with E-state index in [0.717, 1.165) is 6.42 Å². The molecule has 10 rings (SSSR count). The minimum atomic E-state index is -0.372. The molecule has 0 amide bonds. The molecule has 0 bridgehead atoms. The first-order chi connectivity index (χ1) is 21.3. The maximum atomic E-state index is 6.66. The van der Waals surface area contributed by atoms with Crippen molar-refractivity contribution in [2.75, 3.05) is 0 Å². The lowest BCUT2D eigenvalue weighted by molar-refractivity contribution is 0.00578. The average Bonchev–Trinajstić information content (AvgIpc) is 3.69. The quantitative estimate of drug-likeness (QED) is 0.184. The van der Waals surface area contributed by atoms with E-state index >= 15 is 0 Å². The van der Waals surface area contributed by atoms with Gasteiger partial charge in [0.2, 0.25) is 0 Å². The largest absolute Gasteiger partial charge is 0.465 e. The second kappa shape index (κ2) is 8.10. The summed E-state index contributed by atoms with van der Waals surface area (Å²) in [7, 11) is -0.286. The second-order valence-corrected chi connectivity index (χ2v) is 14.2. The van der Waals surface area contributed by atoms with E-state index in [4.69, 9.17) is 9.31 Å². The molecule has 0 aromatic heterocycles. The van der Waals surface area contributed by atoms with E-state index in [1.54, 1.807) is 0 Å². The number of hydrogen-bond donors (Lipinski definition) is 0. The predicted molar refractivity (Wildman–Crippen MR) is 181 cm³/mol. The molecule has 44 heavy (non-hydrogen) atoms. The van der Waals surface area contributed by atoms with Crippen LogP contribution >= 0.6 is 0 Å². The highest BCUT2D eigenvalue weighted by atomic mass is 16.7. The van der Waals surface area contributed by atoms with Crippen LogP contribution in [-0.4, -0.2) is 18.3 Å². The molecule has 1 fully saturated rings. The third-order valence-electron chi connectivity index (χ3n) is 11.6. The van der Waals surface area contributed by atoms with Crippen LogP contribution in [0.1, 0.15) is 56.4 Å². The smallest absolute Gasteiger partial charge is 0.403 e. The highest BCUT2D eigenvalue weighted by molar-refractivity contribution is 6.48. The molecule has 2 nitrogen and oxygen atoms in total. The van der Waals surface area contributed by atoms with Gasteiger partial charge in [-0.25, -0.2) is 0 Å². The fraction of sp³-hybridized carbons (Fsp3) is 0.220. The van der Waals surface area contributed by atoms with Gasteiger partial charge in [-0.15, -0.1) is 0 Å². The van der Waals surface area contributed by atoms with E-state index in [9.17, 15) is 0 Å². The summed E-state index contributed by atoms with van der Waals surface area (Å²) in [5.41, 5.74) is 15.4. The first-order valence-electron chi connectivity index (χ1n) is 16.0. The Morgan fingerprint density at radius 2 is 1.20 bits per heavy atom. The lowest BCUT2D eigenvalue weighted by Crippen LogP contribution is -2.41. The summed E-state index contributed by atoms with van der Waals surface area (Å²) in [4.78, 5) is 0. The average molecular weight is 569 g/mol. The molecule has 0 radical (unpaired) electrons. The zero-order chi connectivity index (χ0) is 29.6. The van der Waals surface area contributed by atoms with Gasteiger partial charge in [0, 0.05) is 5.82 Å². The normalized spacial score (nSPS) is 24.1. The van der Waals surface area contributed by atoms with Gasteiger partial charge in [0.25, 0.3) is 0 Å². The Bertz CT molecular complexity index is 2170. The van der Waals surface area contributed by atoms with Crippen LogP contribution < -0.4 is 0 Å². The molecule has 2 atom stereocenters. The van der Waals surface area contributed by atoms with Crippen LogP contribution in [0.5, 0.6) is 0 Å². The van der Waals surface area contributed by atoms with Crippen molar-refractivity contribution in [2.45, 2.75) is 56.6 Å². The highest BCUT2D eigenvalue weighted by Crippen LogP contribution is 2.67. The number of benzene rings is 5. The molecule has 212 valence electrons. The summed E-state index contributed by atoms with van der Waals surface area (Å²) in [6.45, 7) is 8.61. The summed E-state index contributed by atoms with van der Waals surface area (Å²) in [5, 5.41) is 2.74. The van der Waals surface area contributed by atoms with E-state index in [1.165, 1.54) is 77.6 Å². The van der Waals surface area contributed by atoms with Crippen LogP contribution in [0.15, 0.2) is 115 Å². The molecule has 1 saturated heterocycles. The van der Waals surface area contributed by atoms with Gasteiger partial charge in [0.05, 0.1) is 16.6 Å². The third-order valence-corrected chi connectivity index (χ3v) is 11.6. The van der Waals surface area contributed by atoms with Crippen molar-refractivity contribution in [3.05, 3.63) is 137 Å². The molecule has 1 heterocycles. The standard InChI is InChI=1S/C41H33BO2/c1-39(2)40(3,4)44-42(43-39)24-20-21-28-27-14-7-9-18-33(27)41(35(28)22-24)34-19-10-8-15-30(34)38-31-17-11-16-29-25-12-5-6-13-26(25)32(37(29)31)23-36(38)41/h5-21,23-24H,22H2,1-4H3. The molecule has 1 aliphatic heterocycles. The highest BCUT2D eigenvalue weighted by Gasteiger charge is 2.58. The van der Waals surface area contributed by atoms with Crippen molar-refractivity contribution in [3.8, 4) is 33.4 Å². The number of fused-ring (bicyclic) bond motifs is 13. The van der Waals surface area contributed by atoms with E-state index in [0.29, 0.717) is 0 Å². The van der Waals surface area contributed by atoms with E-state index in [2.05, 4.69) is 137 Å². The Balaban J connectivity index is 1.27. The van der Waals surface area contributed by atoms with Crippen LogP contribution in [-0.2, 0) is 14.7 Å². The van der Waals surface area contributed by atoms with Gasteiger partial charge in [-0.05, 0) is 118 Å². The molecular weight excluding hydrogens is 535 g/mol. The van der Waals surface area contributed by atoms with Crippen molar-refractivity contribution in [2.24, 2.45) is 0 Å². The molecule has 3 heteroatoms. The van der Waals surface area contributed by atoms with Crippen molar-refractivity contribution < 1.29 is 9.31 Å². The van der Waals surface area contributed by atoms with Gasteiger partial charge in [-0.1, -0.05) is 103 Å². The van der Waals surface area contributed by atoms with Gasteiger partial charge in [-0.3, -0.25) is 0 Å². The predicted octanol–water partition coefficient (Wildman–Crippen LogP) is 9.99. The topological polar surface area (TPSA) is 18.5 Å². The maximum absolute atomic E-state index is 6.66. The molecule has 2 unspecified atom stereocenters. The fourth-order valence-electron chi connectivity index (χ4n) is 9.05. The minimum absolute atomic E-state index is 0.125. The Hall–Kier alpha value is -4.18. The van der Waals surface area contributed by atoms with Gasteiger partial charge in [0.15, 0.2) is 0 Å². The van der Waals surface area contributed by atoms with Crippen molar-refractivity contribution in [1.82, 2.24) is 0 Å².